The fourth-order valence-corrected chi connectivity index (χ4v) is 2.25. The molecule has 1 aromatic carbocycles. The van der Waals surface area contributed by atoms with Crippen LogP contribution in [0.15, 0.2) is 35.0 Å². The van der Waals surface area contributed by atoms with Crippen molar-refractivity contribution in [3.8, 4) is 5.75 Å². The first-order valence-electron chi connectivity index (χ1n) is 4.90. The highest BCUT2D eigenvalue weighted by molar-refractivity contribution is 7.80. The van der Waals surface area contributed by atoms with Gasteiger partial charge in [0.25, 0.3) is 0 Å². The smallest absolute Gasteiger partial charge is 0.137 e. The van der Waals surface area contributed by atoms with E-state index in [4.69, 9.17) is 22.7 Å². The van der Waals surface area contributed by atoms with Gasteiger partial charge in [-0.1, -0.05) is 18.3 Å². The standard InChI is InChI=1S/C12H10FNOS2/c13-9-2-1-3-10(11(9)12(14)16)15-6-8-4-5-17-7-8/h1-5,7H,6H2,(H2,14,16). The monoisotopic (exact) mass is 267 g/mol. The highest BCUT2D eigenvalue weighted by Gasteiger charge is 2.12. The molecule has 0 fully saturated rings. The Morgan fingerprint density at radius 2 is 2.24 bits per heavy atom. The number of thiophene rings is 1. The van der Waals surface area contributed by atoms with Gasteiger partial charge < -0.3 is 10.5 Å². The lowest BCUT2D eigenvalue weighted by molar-refractivity contribution is 0.304. The summed E-state index contributed by atoms with van der Waals surface area (Å²) >= 11 is 6.39. The lowest BCUT2D eigenvalue weighted by Gasteiger charge is -2.10. The second kappa shape index (κ2) is 5.25. The summed E-state index contributed by atoms with van der Waals surface area (Å²) in [6.07, 6.45) is 0. The van der Waals surface area contributed by atoms with Crippen LogP contribution < -0.4 is 10.5 Å². The molecule has 0 aliphatic heterocycles. The molecule has 2 rings (SSSR count). The van der Waals surface area contributed by atoms with Crippen LogP contribution in [-0.4, -0.2) is 4.99 Å². The second-order valence-corrected chi connectivity index (χ2v) is 4.62. The fourth-order valence-electron chi connectivity index (χ4n) is 1.40. The van der Waals surface area contributed by atoms with E-state index in [1.54, 1.807) is 23.5 Å². The maximum absolute atomic E-state index is 13.5. The summed E-state index contributed by atoms with van der Waals surface area (Å²) in [6.45, 7) is 0.378. The normalized spacial score (nSPS) is 10.2. The van der Waals surface area contributed by atoms with Gasteiger partial charge in [0.05, 0.1) is 5.56 Å². The van der Waals surface area contributed by atoms with E-state index in [0.29, 0.717) is 12.4 Å². The first kappa shape index (κ1) is 12.0. The molecule has 0 unspecified atom stereocenters. The van der Waals surface area contributed by atoms with Crippen molar-refractivity contribution in [1.29, 1.82) is 0 Å². The molecule has 0 atom stereocenters. The maximum atomic E-state index is 13.5. The van der Waals surface area contributed by atoms with Crippen molar-refractivity contribution < 1.29 is 9.13 Å². The van der Waals surface area contributed by atoms with Gasteiger partial charge in [-0.15, -0.1) is 0 Å². The predicted molar refractivity (Wildman–Crippen MR) is 70.9 cm³/mol. The third-order valence-electron chi connectivity index (χ3n) is 2.20. The van der Waals surface area contributed by atoms with Crippen LogP contribution in [0.5, 0.6) is 5.75 Å². The summed E-state index contributed by atoms with van der Waals surface area (Å²) in [6, 6.07) is 6.49. The maximum Gasteiger partial charge on any atom is 0.137 e. The van der Waals surface area contributed by atoms with Crippen LogP contribution in [0.3, 0.4) is 0 Å². The van der Waals surface area contributed by atoms with Crippen LogP contribution in [-0.2, 0) is 6.61 Å². The molecule has 0 spiro atoms. The molecule has 1 heterocycles. The number of halogens is 1. The molecule has 0 amide bonds. The van der Waals surface area contributed by atoms with E-state index in [1.165, 1.54) is 6.07 Å². The Labute approximate surface area is 108 Å². The van der Waals surface area contributed by atoms with Crippen LogP contribution in [0.1, 0.15) is 11.1 Å². The van der Waals surface area contributed by atoms with E-state index >= 15 is 0 Å². The minimum atomic E-state index is -0.458. The molecule has 17 heavy (non-hydrogen) atoms. The lowest BCUT2D eigenvalue weighted by atomic mass is 10.2. The highest BCUT2D eigenvalue weighted by Crippen LogP contribution is 2.22. The number of rotatable bonds is 4. The molecular formula is C12H10FNOS2. The third-order valence-corrected chi connectivity index (χ3v) is 3.13. The summed E-state index contributed by atoms with van der Waals surface area (Å²) in [5, 5.41) is 3.93. The van der Waals surface area contributed by atoms with E-state index in [9.17, 15) is 4.39 Å². The molecular weight excluding hydrogens is 257 g/mol. The van der Waals surface area contributed by atoms with Gasteiger partial charge in [0.1, 0.15) is 23.2 Å². The van der Waals surface area contributed by atoms with Gasteiger partial charge >= 0.3 is 0 Å². The molecule has 0 aliphatic carbocycles. The number of benzene rings is 1. The SMILES string of the molecule is NC(=S)c1c(F)cccc1OCc1ccsc1. The average Bonchev–Trinajstić information content (AvgIpc) is 2.78. The van der Waals surface area contributed by atoms with E-state index < -0.39 is 5.82 Å². The van der Waals surface area contributed by atoms with Crippen molar-refractivity contribution in [2.24, 2.45) is 5.73 Å². The molecule has 0 bridgehead atoms. The van der Waals surface area contributed by atoms with E-state index in [1.807, 2.05) is 16.8 Å². The van der Waals surface area contributed by atoms with E-state index in [-0.39, 0.29) is 10.6 Å². The largest absolute Gasteiger partial charge is 0.488 e. The Bertz CT molecular complexity index is 525. The molecule has 0 radical (unpaired) electrons. The van der Waals surface area contributed by atoms with Gasteiger partial charge in [0.2, 0.25) is 0 Å². The summed E-state index contributed by atoms with van der Waals surface area (Å²) < 4.78 is 19.0. The van der Waals surface area contributed by atoms with Gasteiger partial charge in [-0.25, -0.2) is 4.39 Å². The zero-order chi connectivity index (χ0) is 12.3. The number of nitrogens with two attached hydrogens (primary N) is 1. The predicted octanol–water partition coefficient (Wildman–Crippen LogP) is 3.10. The van der Waals surface area contributed by atoms with Crippen molar-refractivity contribution in [3.63, 3.8) is 0 Å². The Morgan fingerprint density at radius 3 is 2.88 bits per heavy atom. The van der Waals surface area contributed by atoms with Gasteiger partial charge in [-0.3, -0.25) is 0 Å². The Balaban J connectivity index is 2.21. The first-order valence-corrected chi connectivity index (χ1v) is 6.26. The van der Waals surface area contributed by atoms with E-state index in [0.717, 1.165) is 5.56 Å². The average molecular weight is 267 g/mol. The molecule has 0 aliphatic rings. The minimum absolute atomic E-state index is 0.00317. The molecule has 2 nitrogen and oxygen atoms in total. The number of hydrogen-bond acceptors (Lipinski definition) is 3. The van der Waals surface area contributed by atoms with Crippen molar-refractivity contribution in [1.82, 2.24) is 0 Å². The van der Waals surface area contributed by atoms with Crippen molar-refractivity contribution in [3.05, 3.63) is 52.0 Å². The summed E-state index contributed by atoms with van der Waals surface area (Å²) in [4.78, 5) is 0.00317. The zero-order valence-electron chi connectivity index (χ0n) is 8.85. The highest BCUT2D eigenvalue weighted by atomic mass is 32.1. The van der Waals surface area contributed by atoms with Crippen LogP contribution in [0.4, 0.5) is 4.39 Å². The number of ether oxygens (including phenoxy) is 1. The van der Waals surface area contributed by atoms with Crippen molar-refractivity contribution >= 4 is 28.5 Å². The fraction of sp³-hybridized carbons (Fsp3) is 0.0833. The van der Waals surface area contributed by atoms with Gasteiger partial charge in [-0.2, -0.15) is 11.3 Å². The third kappa shape index (κ3) is 2.81. The molecule has 0 saturated heterocycles. The Kier molecular flexibility index (Phi) is 3.71. The van der Waals surface area contributed by atoms with Gasteiger partial charge in [0.15, 0.2) is 0 Å². The summed E-state index contributed by atoms with van der Waals surface area (Å²) in [5.41, 5.74) is 6.68. The summed E-state index contributed by atoms with van der Waals surface area (Å²) in [7, 11) is 0. The quantitative estimate of drug-likeness (QED) is 0.865. The zero-order valence-corrected chi connectivity index (χ0v) is 10.5. The van der Waals surface area contributed by atoms with E-state index in [2.05, 4.69) is 0 Å². The summed E-state index contributed by atoms with van der Waals surface area (Å²) in [5.74, 6) is -0.0796. The van der Waals surface area contributed by atoms with Gasteiger partial charge in [0, 0.05) is 0 Å². The molecule has 1 aromatic heterocycles. The molecule has 2 N–H and O–H groups in total. The topological polar surface area (TPSA) is 35.2 Å². The van der Waals surface area contributed by atoms with Crippen LogP contribution in [0, 0.1) is 5.82 Å². The second-order valence-electron chi connectivity index (χ2n) is 3.40. The molecule has 0 saturated carbocycles. The van der Waals surface area contributed by atoms with Crippen LogP contribution in [0.2, 0.25) is 0 Å². The molecule has 2 aromatic rings. The van der Waals surface area contributed by atoms with Crippen LogP contribution >= 0.6 is 23.6 Å². The molecule has 5 heteroatoms. The van der Waals surface area contributed by atoms with Crippen molar-refractivity contribution in [2.45, 2.75) is 6.61 Å². The van der Waals surface area contributed by atoms with Crippen molar-refractivity contribution in [2.75, 3.05) is 0 Å². The van der Waals surface area contributed by atoms with Gasteiger partial charge in [-0.05, 0) is 34.5 Å². The Hall–Kier alpha value is -1.46. The lowest BCUT2D eigenvalue weighted by Crippen LogP contribution is -2.13. The Morgan fingerprint density at radius 1 is 1.41 bits per heavy atom. The molecule has 88 valence electrons. The van der Waals surface area contributed by atoms with Crippen LogP contribution in [0.25, 0.3) is 0 Å². The first-order chi connectivity index (χ1) is 8.18. The number of thiocarbonyl (C=S) groups is 1. The minimum Gasteiger partial charge on any atom is -0.488 e. The number of hydrogen-bond donors (Lipinski definition) is 1.